The average Bonchev–Trinajstić information content (AvgIpc) is 2.53. The van der Waals surface area contributed by atoms with Gasteiger partial charge in [0.15, 0.2) is 0 Å². The molecule has 4 heteroatoms. The van der Waals surface area contributed by atoms with Gasteiger partial charge in [-0.2, -0.15) is 0 Å². The molecular formula is C16H13N3O. The van der Waals surface area contributed by atoms with Gasteiger partial charge in [0.1, 0.15) is 0 Å². The third kappa shape index (κ3) is 2.64. The van der Waals surface area contributed by atoms with E-state index in [0.29, 0.717) is 6.54 Å². The van der Waals surface area contributed by atoms with Gasteiger partial charge >= 0.3 is 0 Å². The summed E-state index contributed by atoms with van der Waals surface area (Å²) in [6, 6.07) is 17.3. The molecule has 0 aliphatic rings. The number of carbonyl (C=O) groups excluding carboxylic acids is 1. The fourth-order valence-electron chi connectivity index (χ4n) is 1.94. The van der Waals surface area contributed by atoms with Gasteiger partial charge in [-0.05, 0) is 11.6 Å². The minimum atomic E-state index is -0.264. The minimum absolute atomic E-state index is 0.194. The summed E-state index contributed by atoms with van der Waals surface area (Å²) in [5.41, 5.74) is 1.81. The lowest BCUT2D eigenvalue weighted by atomic mass is 10.2. The standard InChI is InChI=1S/C16H13N3O/c20-16(18-10-12-6-2-1-3-7-12)15-17-11-13-8-4-5-9-14(13)19-15/h1-9,11H,10H2,(H,18,20). The largest absolute Gasteiger partial charge is 0.345 e. The normalized spacial score (nSPS) is 10.4. The van der Waals surface area contributed by atoms with Gasteiger partial charge < -0.3 is 5.32 Å². The van der Waals surface area contributed by atoms with E-state index in [-0.39, 0.29) is 11.7 Å². The van der Waals surface area contributed by atoms with Crippen LogP contribution in [0.4, 0.5) is 0 Å². The molecule has 0 radical (unpaired) electrons. The van der Waals surface area contributed by atoms with Crippen molar-refractivity contribution in [2.45, 2.75) is 6.54 Å². The number of nitrogens with zero attached hydrogens (tertiary/aromatic N) is 2. The first-order valence-electron chi connectivity index (χ1n) is 6.37. The summed E-state index contributed by atoms with van der Waals surface area (Å²) in [4.78, 5) is 20.4. The van der Waals surface area contributed by atoms with E-state index >= 15 is 0 Å². The molecule has 0 bridgehead atoms. The highest BCUT2D eigenvalue weighted by molar-refractivity contribution is 5.92. The second-order valence-corrected chi connectivity index (χ2v) is 4.42. The molecule has 0 saturated carbocycles. The Balaban J connectivity index is 1.75. The van der Waals surface area contributed by atoms with Crippen LogP contribution in [0, 0.1) is 0 Å². The van der Waals surface area contributed by atoms with Gasteiger partial charge in [0, 0.05) is 18.1 Å². The van der Waals surface area contributed by atoms with Crippen molar-refractivity contribution < 1.29 is 4.79 Å². The molecule has 20 heavy (non-hydrogen) atoms. The summed E-state index contributed by atoms with van der Waals surface area (Å²) in [6.45, 7) is 0.468. The zero-order chi connectivity index (χ0) is 13.8. The minimum Gasteiger partial charge on any atom is -0.345 e. The van der Waals surface area contributed by atoms with Gasteiger partial charge in [0.2, 0.25) is 5.82 Å². The summed E-state index contributed by atoms with van der Waals surface area (Å²) < 4.78 is 0. The van der Waals surface area contributed by atoms with Crippen molar-refractivity contribution in [3.63, 3.8) is 0 Å². The van der Waals surface area contributed by atoms with E-state index < -0.39 is 0 Å². The fraction of sp³-hybridized carbons (Fsp3) is 0.0625. The number of benzene rings is 2. The fourth-order valence-corrected chi connectivity index (χ4v) is 1.94. The topological polar surface area (TPSA) is 54.9 Å². The third-order valence-electron chi connectivity index (χ3n) is 2.99. The Kier molecular flexibility index (Phi) is 3.37. The van der Waals surface area contributed by atoms with Crippen LogP contribution in [0.25, 0.3) is 10.9 Å². The number of rotatable bonds is 3. The predicted octanol–water partition coefficient (Wildman–Crippen LogP) is 2.56. The van der Waals surface area contributed by atoms with E-state index in [1.807, 2.05) is 54.6 Å². The van der Waals surface area contributed by atoms with Crippen LogP contribution >= 0.6 is 0 Å². The van der Waals surface area contributed by atoms with Crippen LogP contribution in [0.2, 0.25) is 0 Å². The Morgan fingerprint density at radius 2 is 1.75 bits per heavy atom. The van der Waals surface area contributed by atoms with Crippen LogP contribution in [0.3, 0.4) is 0 Å². The zero-order valence-corrected chi connectivity index (χ0v) is 10.8. The second kappa shape index (κ2) is 5.48. The van der Waals surface area contributed by atoms with Crippen LogP contribution in [0.15, 0.2) is 60.8 Å². The van der Waals surface area contributed by atoms with Crippen LogP contribution in [-0.2, 0) is 6.54 Å². The molecule has 0 saturated heterocycles. The molecule has 3 rings (SSSR count). The molecule has 1 amide bonds. The SMILES string of the molecule is O=C(NCc1ccccc1)c1ncc2ccccc2n1. The van der Waals surface area contributed by atoms with Crippen molar-refractivity contribution in [3.05, 3.63) is 72.2 Å². The maximum atomic E-state index is 12.0. The molecule has 0 fully saturated rings. The summed E-state index contributed by atoms with van der Waals surface area (Å²) in [5, 5.41) is 3.74. The van der Waals surface area contributed by atoms with Gasteiger partial charge in [-0.3, -0.25) is 4.79 Å². The van der Waals surface area contributed by atoms with E-state index in [1.165, 1.54) is 0 Å². The van der Waals surface area contributed by atoms with Crippen molar-refractivity contribution >= 4 is 16.8 Å². The molecule has 1 heterocycles. The maximum Gasteiger partial charge on any atom is 0.289 e. The van der Waals surface area contributed by atoms with Gasteiger partial charge in [0.05, 0.1) is 5.52 Å². The van der Waals surface area contributed by atoms with E-state index in [9.17, 15) is 4.79 Å². The molecule has 2 aromatic carbocycles. The quantitative estimate of drug-likeness (QED) is 0.790. The molecule has 0 aliphatic carbocycles. The highest BCUT2D eigenvalue weighted by Gasteiger charge is 2.09. The first-order chi connectivity index (χ1) is 9.83. The van der Waals surface area contributed by atoms with Crippen LogP contribution in [0.1, 0.15) is 16.2 Å². The average molecular weight is 263 g/mol. The molecule has 3 aromatic rings. The van der Waals surface area contributed by atoms with Crippen molar-refractivity contribution in [1.29, 1.82) is 0 Å². The monoisotopic (exact) mass is 263 g/mol. The number of amides is 1. The Bertz CT molecular complexity index is 741. The second-order valence-electron chi connectivity index (χ2n) is 4.42. The first-order valence-corrected chi connectivity index (χ1v) is 6.37. The number of nitrogens with one attached hydrogen (secondary N) is 1. The summed E-state index contributed by atoms with van der Waals surface area (Å²) in [6.07, 6.45) is 1.67. The molecule has 1 N–H and O–H groups in total. The number of fused-ring (bicyclic) bond motifs is 1. The lowest BCUT2D eigenvalue weighted by molar-refractivity contribution is 0.0941. The number of carbonyl (C=O) groups is 1. The number of aromatic nitrogens is 2. The number of para-hydroxylation sites is 1. The Labute approximate surface area is 116 Å². The molecule has 4 nitrogen and oxygen atoms in total. The van der Waals surface area contributed by atoms with Gasteiger partial charge in [0.25, 0.3) is 5.91 Å². The molecule has 0 unspecified atom stereocenters. The Morgan fingerprint density at radius 3 is 2.60 bits per heavy atom. The van der Waals surface area contributed by atoms with E-state index in [0.717, 1.165) is 16.5 Å². The van der Waals surface area contributed by atoms with E-state index in [2.05, 4.69) is 15.3 Å². The third-order valence-corrected chi connectivity index (χ3v) is 2.99. The molecule has 0 atom stereocenters. The number of hydrogen-bond donors (Lipinski definition) is 1. The van der Waals surface area contributed by atoms with Gasteiger partial charge in [-0.1, -0.05) is 48.5 Å². The highest BCUT2D eigenvalue weighted by atomic mass is 16.2. The smallest absolute Gasteiger partial charge is 0.289 e. The van der Waals surface area contributed by atoms with Gasteiger partial charge in [-0.25, -0.2) is 9.97 Å². The van der Waals surface area contributed by atoms with Crippen LogP contribution < -0.4 is 5.32 Å². The lowest BCUT2D eigenvalue weighted by Crippen LogP contribution is -2.24. The first kappa shape index (κ1) is 12.3. The van der Waals surface area contributed by atoms with Crippen molar-refractivity contribution in [2.75, 3.05) is 0 Å². The lowest BCUT2D eigenvalue weighted by Gasteiger charge is -2.05. The Hall–Kier alpha value is -2.75. The van der Waals surface area contributed by atoms with E-state index in [1.54, 1.807) is 6.20 Å². The Morgan fingerprint density at radius 1 is 1.00 bits per heavy atom. The highest BCUT2D eigenvalue weighted by Crippen LogP contribution is 2.09. The summed E-state index contributed by atoms with van der Waals surface area (Å²) in [7, 11) is 0. The summed E-state index contributed by atoms with van der Waals surface area (Å²) >= 11 is 0. The van der Waals surface area contributed by atoms with Crippen molar-refractivity contribution in [1.82, 2.24) is 15.3 Å². The molecule has 1 aromatic heterocycles. The molecule has 98 valence electrons. The maximum absolute atomic E-state index is 12.0. The van der Waals surface area contributed by atoms with Crippen LogP contribution in [-0.4, -0.2) is 15.9 Å². The van der Waals surface area contributed by atoms with E-state index in [4.69, 9.17) is 0 Å². The zero-order valence-electron chi connectivity index (χ0n) is 10.8. The molecule has 0 spiro atoms. The summed E-state index contributed by atoms with van der Waals surface area (Å²) in [5.74, 6) is -0.0702. The van der Waals surface area contributed by atoms with Crippen molar-refractivity contribution in [3.8, 4) is 0 Å². The molecular weight excluding hydrogens is 250 g/mol. The van der Waals surface area contributed by atoms with Crippen LogP contribution in [0.5, 0.6) is 0 Å². The number of hydrogen-bond acceptors (Lipinski definition) is 3. The predicted molar refractivity (Wildman–Crippen MR) is 77.2 cm³/mol. The van der Waals surface area contributed by atoms with Crippen molar-refractivity contribution in [2.24, 2.45) is 0 Å². The van der Waals surface area contributed by atoms with Gasteiger partial charge in [-0.15, -0.1) is 0 Å². The molecule has 0 aliphatic heterocycles.